The number of anilines is 1. The van der Waals surface area contributed by atoms with Crippen molar-refractivity contribution in [1.82, 2.24) is 10.3 Å². The second-order valence-electron chi connectivity index (χ2n) is 7.19. The zero-order valence-corrected chi connectivity index (χ0v) is 15.7. The summed E-state index contributed by atoms with van der Waals surface area (Å²) in [4.78, 5) is 7.05. The van der Waals surface area contributed by atoms with Gasteiger partial charge in [0.25, 0.3) is 0 Å². The Morgan fingerprint density at radius 1 is 1.20 bits per heavy atom. The van der Waals surface area contributed by atoms with Crippen molar-refractivity contribution < 1.29 is 4.74 Å². The summed E-state index contributed by atoms with van der Waals surface area (Å²) in [5.41, 5.74) is 2.45. The molecule has 1 aromatic carbocycles. The van der Waals surface area contributed by atoms with Gasteiger partial charge in [-0.3, -0.25) is 0 Å². The molecule has 25 heavy (non-hydrogen) atoms. The monoisotopic (exact) mass is 357 g/mol. The quantitative estimate of drug-likeness (QED) is 0.883. The van der Waals surface area contributed by atoms with Gasteiger partial charge in [0.15, 0.2) is 5.13 Å². The SMILES string of the molecule is Cc1csc(N2CCC(NC[C@H]3CCO[C@@H]3c3ccccc3)CC2)n1. The first kappa shape index (κ1) is 17.0. The molecule has 2 atom stereocenters. The van der Waals surface area contributed by atoms with Crippen LogP contribution in [-0.4, -0.2) is 37.3 Å². The van der Waals surface area contributed by atoms with Crippen LogP contribution in [0.4, 0.5) is 5.13 Å². The highest BCUT2D eigenvalue weighted by molar-refractivity contribution is 7.13. The van der Waals surface area contributed by atoms with E-state index in [1.54, 1.807) is 11.3 Å². The molecule has 3 heterocycles. The van der Waals surface area contributed by atoms with E-state index in [1.165, 1.54) is 23.5 Å². The number of aromatic nitrogens is 1. The minimum Gasteiger partial charge on any atom is -0.373 e. The molecule has 134 valence electrons. The van der Waals surface area contributed by atoms with Gasteiger partial charge in [0.05, 0.1) is 11.8 Å². The van der Waals surface area contributed by atoms with Crippen molar-refractivity contribution in [2.24, 2.45) is 5.92 Å². The van der Waals surface area contributed by atoms with E-state index in [-0.39, 0.29) is 6.10 Å². The van der Waals surface area contributed by atoms with E-state index < -0.39 is 0 Å². The topological polar surface area (TPSA) is 37.4 Å². The number of rotatable bonds is 5. The molecule has 0 amide bonds. The first-order chi connectivity index (χ1) is 12.3. The molecule has 0 radical (unpaired) electrons. The fourth-order valence-corrected chi connectivity index (χ4v) is 4.79. The van der Waals surface area contributed by atoms with E-state index in [2.05, 4.69) is 57.8 Å². The maximum absolute atomic E-state index is 6.01. The van der Waals surface area contributed by atoms with Crippen molar-refractivity contribution in [1.29, 1.82) is 0 Å². The molecule has 2 fully saturated rings. The zero-order chi connectivity index (χ0) is 17.1. The minimum atomic E-state index is 0.257. The van der Waals surface area contributed by atoms with Crippen molar-refractivity contribution in [3.63, 3.8) is 0 Å². The molecule has 1 aromatic heterocycles. The molecule has 2 aromatic rings. The van der Waals surface area contributed by atoms with Gasteiger partial charge in [0, 0.05) is 43.6 Å². The van der Waals surface area contributed by atoms with Crippen molar-refractivity contribution in [3.05, 3.63) is 47.0 Å². The number of thiazole rings is 1. The molecule has 4 nitrogen and oxygen atoms in total. The van der Waals surface area contributed by atoms with Crippen LogP contribution in [0.25, 0.3) is 0 Å². The minimum absolute atomic E-state index is 0.257. The lowest BCUT2D eigenvalue weighted by atomic mass is 9.94. The number of aryl methyl sites for hydroxylation is 1. The number of hydrogen-bond donors (Lipinski definition) is 1. The van der Waals surface area contributed by atoms with Gasteiger partial charge in [-0.25, -0.2) is 4.98 Å². The van der Waals surface area contributed by atoms with E-state index in [9.17, 15) is 0 Å². The summed E-state index contributed by atoms with van der Waals surface area (Å²) < 4.78 is 6.01. The largest absolute Gasteiger partial charge is 0.373 e. The Morgan fingerprint density at radius 2 is 2.00 bits per heavy atom. The van der Waals surface area contributed by atoms with Crippen molar-refractivity contribution >= 4 is 16.5 Å². The second-order valence-corrected chi connectivity index (χ2v) is 8.03. The van der Waals surface area contributed by atoms with Gasteiger partial charge in [-0.05, 0) is 31.7 Å². The maximum Gasteiger partial charge on any atom is 0.185 e. The lowest BCUT2D eigenvalue weighted by Crippen LogP contribution is -2.44. The van der Waals surface area contributed by atoms with Gasteiger partial charge in [0.1, 0.15) is 0 Å². The molecule has 2 saturated heterocycles. The maximum atomic E-state index is 6.01. The van der Waals surface area contributed by atoms with E-state index in [4.69, 9.17) is 4.74 Å². The molecular weight excluding hydrogens is 330 g/mol. The Labute approximate surface area is 154 Å². The number of hydrogen-bond acceptors (Lipinski definition) is 5. The Hall–Kier alpha value is -1.43. The van der Waals surface area contributed by atoms with Gasteiger partial charge < -0.3 is 15.0 Å². The third-order valence-corrected chi connectivity index (χ3v) is 6.40. The van der Waals surface area contributed by atoms with Crippen LogP contribution >= 0.6 is 11.3 Å². The highest BCUT2D eigenvalue weighted by Crippen LogP contribution is 2.34. The molecule has 0 spiro atoms. The lowest BCUT2D eigenvalue weighted by Gasteiger charge is -2.33. The Balaban J connectivity index is 1.26. The van der Waals surface area contributed by atoms with Crippen LogP contribution in [0.1, 0.15) is 36.6 Å². The molecule has 0 unspecified atom stereocenters. The summed E-state index contributed by atoms with van der Waals surface area (Å²) in [5, 5.41) is 7.14. The molecule has 4 rings (SSSR count). The lowest BCUT2D eigenvalue weighted by molar-refractivity contribution is 0.0895. The van der Waals surface area contributed by atoms with Crippen LogP contribution < -0.4 is 10.2 Å². The van der Waals surface area contributed by atoms with Crippen LogP contribution in [-0.2, 0) is 4.74 Å². The first-order valence-corrected chi connectivity index (χ1v) is 10.2. The molecule has 1 N–H and O–H groups in total. The molecule has 0 saturated carbocycles. The Kier molecular flexibility index (Phi) is 5.34. The summed E-state index contributed by atoms with van der Waals surface area (Å²) in [6, 6.07) is 11.3. The van der Waals surface area contributed by atoms with Gasteiger partial charge in [-0.15, -0.1) is 11.3 Å². The van der Waals surface area contributed by atoms with Gasteiger partial charge in [0.2, 0.25) is 0 Å². The van der Waals surface area contributed by atoms with Crippen LogP contribution in [0, 0.1) is 12.8 Å². The van der Waals surface area contributed by atoms with Crippen LogP contribution in [0.2, 0.25) is 0 Å². The third-order valence-electron chi connectivity index (χ3n) is 5.38. The number of piperidine rings is 1. The average molecular weight is 358 g/mol. The average Bonchev–Trinajstić information content (AvgIpc) is 3.30. The first-order valence-electron chi connectivity index (χ1n) is 9.36. The van der Waals surface area contributed by atoms with E-state index >= 15 is 0 Å². The second kappa shape index (κ2) is 7.85. The number of nitrogens with zero attached hydrogens (tertiary/aromatic N) is 2. The molecule has 0 aliphatic carbocycles. The van der Waals surface area contributed by atoms with E-state index in [0.717, 1.165) is 38.4 Å². The molecular formula is C20H27N3OS. The number of ether oxygens (including phenoxy) is 1. The molecule has 2 aliphatic rings. The van der Waals surface area contributed by atoms with Crippen molar-refractivity contribution in [3.8, 4) is 0 Å². The summed E-state index contributed by atoms with van der Waals surface area (Å²) in [5.74, 6) is 0.585. The number of benzene rings is 1. The van der Waals surface area contributed by atoms with Crippen LogP contribution in [0.3, 0.4) is 0 Å². The van der Waals surface area contributed by atoms with Gasteiger partial charge in [-0.1, -0.05) is 30.3 Å². The van der Waals surface area contributed by atoms with Gasteiger partial charge >= 0.3 is 0 Å². The smallest absolute Gasteiger partial charge is 0.185 e. The normalized spacial score (nSPS) is 24.8. The predicted octanol–water partition coefficient (Wildman–Crippen LogP) is 3.79. The summed E-state index contributed by atoms with van der Waals surface area (Å²) >= 11 is 1.77. The molecule has 2 aliphatic heterocycles. The number of nitrogens with one attached hydrogen (secondary N) is 1. The fraction of sp³-hybridized carbons (Fsp3) is 0.550. The standard InChI is InChI=1S/C20H27N3OS/c1-15-14-25-20(22-15)23-10-7-18(8-11-23)21-13-17-9-12-24-19(17)16-5-3-2-4-6-16/h2-6,14,17-19,21H,7-13H2,1H3/t17-,19-/m1/s1. The summed E-state index contributed by atoms with van der Waals surface area (Å²) in [6.07, 6.45) is 3.81. The Bertz CT molecular complexity index is 667. The highest BCUT2D eigenvalue weighted by atomic mass is 32.1. The highest BCUT2D eigenvalue weighted by Gasteiger charge is 2.30. The van der Waals surface area contributed by atoms with Crippen molar-refractivity contribution in [2.45, 2.75) is 38.3 Å². The van der Waals surface area contributed by atoms with E-state index in [0.29, 0.717) is 12.0 Å². The van der Waals surface area contributed by atoms with Crippen molar-refractivity contribution in [2.75, 3.05) is 31.1 Å². The summed E-state index contributed by atoms with van der Waals surface area (Å²) in [6.45, 7) is 6.22. The Morgan fingerprint density at radius 3 is 2.72 bits per heavy atom. The van der Waals surface area contributed by atoms with E-state index in [1.807, 2.05) is 0 Å². The van der Waals surface area contributed by atoms with Crippen LogP contribution in [0.5, 0.6) is 0 Å². The predicted molar refractivity (Wildman–Crippen MR) is 103 cm³/mol. The van der Waals surface area contributed by atoms with Crippen LogP contribution in [0.15, 0.2) is 35.7 Å². The molecule has 5 heteroatoms. The summed E-state index contributed by atoms with van der Waals surface area (Å²) in [7, 11) is 0. The van der Waals surface area contributed by atoms with Gasteiger partial charge in [-0.2, -0.15) is 0 Å². The fourth-order valence-electron chi connectivity index (χ4n) is 3.93. The third kappa shape index (κ3) is 4.05. The zero-order valence-electron chi connectivity index (χ0n) is 14.9. The molecule has 0 bridgehead atoms.